The van der Waals surface area contributed by atoms with Crippen LogP contribution in [0.2, 0.25) is 5.15 Å². The first-order chi connectivity index (χ1) is 6.20. The van der Waals surface area contributed by atoms with Gasteiger partial charge in [-0.15, -0.1) is 0 Å². The van der Waals surface area contributed by atoms with Crippen molar-refractivity contribution in [3.8, 4) is 0 Å². The van der Waals surface area contributed by atoms with Gasteiger partial charge in [-0.3, -0.25) is 4.21 Å². The van der Waals surface area contributed by atoms with Gasteiger partial charge >= 0.3 is 0 Å². The molecule has 2 rings (SSSR count). The van der Waals surface area contributed by atoms with Crippen LogP contribution >= 0.6 is 11.6 Å². The Bertz CT molecular complexity index is 480. The molecule has 1 aromatic heterocycles. The average molecular weight is 215 g/mol. The van der Waals surface area contributed by atoms with E-state index in [1.54, 1.807) is 18.2 Å². The molecular formula is C8H5ClNO2S-. The van der Waals surface area contributed by atoms with Gasteiger partial charge in [-0.25, -0.2) is 0 Å². The van der Waals surface area contributed by atoms with Crippen molar-refractivity contribution in [2.75, 3.05) is 0 Å². The predicted molar refractivity (Wildman–Crippen MR) is 50.5 cm³/mol. The van der Waals surface area contributed by atoms with Crippen LogP contribution in [0.25, 0.3) is 10.9 Å². The van der Waals surface area contributed by atoms with Crippen LogP contribution in [0.1, 0.15) is 0 Å². The zero-order valence-electron chi connectivity index (χ0n) is 6.41. The van der Waals surface area contributed by atoms with Crippen LogP contribution in [0.4, 0.5) is 0 Å². The second-order valence-electron chi connectivity index (χ2n) is 2.55. The summed E-state index contributed by atoms with van der Waals surface area (Å²) in [6.45, 7) is 0. The van der Waals surface area contributed by atoms with Gasteiger partial charge in [0.2, 0.25) is 0 Å². The Balaban J connectivity index is 2.86. The molecule has 2 aromatic rings. The van der Waals surface area contributed by atoms with Crippen LogP contribution in [-0.2, 0) is 11.1 Å². The largest absolute Gasteiger partial charge is 0.768 e. The first-order valence-corrected chi connectivity index (χ1v) is 5.01. The van der Waals surface area contributed by atoms with Gasteiger partial charge in [-0.2, -0.15) is 0 Å². The number of H-pyrrole nitrogens is 1. The molecule has 68 valence electrons. The predicted octanol–water partition coefficient (Wildman–Crippen LogP) is 2.06. The van der Waals surface area contributed by atoms with Gasteiger partial charge in [-0.05, 0) is 17.1 Å². The van der Waals surface area contributed by atoms with Crippen LogP contribution in [0.3, 0.4) is 0 Å². The number of aromatic amines is 1. The number of rotatable bonds is 1. The minimum absolute atomic E-state index is 0.136. The maximum Gasteiger partial charge on any atom is 0.122 e. The molecule has 0 saturated heterocycles. The van der Waals surface area contributed by atoms with E-state index in [0.29, 0.717) is 5.39 Å². The van der Waals surface area contributed by atoms with Crippen LogP contribution in [-0.4, -0.2) is 13.7 Å². The van der Waals surface area contributed by atoms with Crippen molar-refractivity contribution in [3.63, 3.8) is 0 Å². The highest BCUT2D eigenvalue weighted by Crippen LogP contribution is 2.27. The van der Waals surface area contributed by atoms with E-state index in [9.17, 15) is 8.76 Å². The Morgan fingerprint density at radius 3 is 2.77 bits per heavy atom. The summed E-state index contributed by atoms with van der Waals surface area (Å²) in [5, 5.41) is 0.787. The molecule has 0 spiro atoms. The van der Waals surface area contributed by atoms with Crippen LogP contribution in [0.15, 0.2) is 29.2 Å². The number of nitrogens with one attached hydrogen (secondary N) is 1. The summed E-state index contributed by atoms with van der Waals surface area (Å²) >= 11 is 3.42. The van der Waals surface area contributed by atoms with E-state index < -0.39 is 11.1 Å². The van der Waals surface area contributed by atoms with Gasteiger partial charge in [0.15, 0.2) is 0 Å². The Morgan fingerprint density at radius 1 is 1.38 bits per heavy atom. The normalized spacial score (nSPS) is 13.4. The molecule has 1 atom stereocenters. The molecule has 0 amide bonds. The van der Waals surface area contributed by atoms with E-state index >= 15 is 0 Å². The second-order valence-corrected chi connectivity index (χ2v) is 3.80. The van der Waals surface area contributed by atoms with Gasteiger partial charge in [-0.1, -0.05) is 29.8 Å². The SMILES string of the molecule is O=S([O-])c1c(Cl)[nH]c2ccccc12. The zero-order valence-corrected chi connectivity index (χ0v) is 7.98. The Labute approximate surface area is 82.0 Å². The molecule has 13 heavy (non-hydrogen) atoms. The summed E-state index contributed by atoms with van der Waals surface area (Å²) in [6, 6.07) is 7.07. The zero-order chi connectivity index (χ0) is 9.42. The van der Waals surface area contributed by atoms with Crippen LogP contribution in [0.5, 0.6) is 0 Å². The molecule has 1 aromatic carbocycles. The summed E-state index contributed by atoms with van der Waals surface area (Å²) < 4.78 is 21.6. The van der Waals surface area contributed by atoms with E-state index in [0.717, 1.165) is 5.52 Å². The van der Waals surface area contributed by atoms with Crippen molar-refractivity contribution >= 4 is 33.6 Å². The first-order valence-electron chi connectivity index (χ1n) is 3.55. The number of benzene rings is 1. The molecule has 1 N–H and O–H groups in total. The molecule has 0 fully saturated rings. The molecule has 3 nitrogen and oxygen atoms in total. The van der Waals surface area contributed by atoms with Crippen LogP contribution in [0, 0.1) is 0 Å². The topological polar surface area (TPSA) is 55.9 Å². The second kappa shape index (κ2) is 3.14. The third-order valence-corrected chi connectivity index (χ3v) is 2.94. The van der Waals surface area contributed by atoms with Gasteiger partial charge in [0.1, 0.15) is 5.15 Å². The molecule has 1 unspecified atom stereocenters. The summed E-state index contributed by atoms with van der Waals surface area (Å²) in [6.07, 6.45) is 0. The van der Waals surface area contributed by atoms with Gasteiger partial charge < -0.3 is 9.54 Å². The minimum Gasteiger partial charge on any atom is -0.768 e. The number of halogens is 1. The standard InChI is InChI=1S/C8H6ClNO2S/c9-8-7(13(11)12)5-3-1-2-4-6(5)10-8/h1-4,10H,(H,11,12)/p-1. The molecule has 0 aliphatic rings. The maximum absolute atomic E-state index is 10.8. The van der Waals surface area contributed by atoms with Crippen LogP contribution < -0.4 is 0 Å². The Morgan fingerprint density at radius 2 is 2.08 bits per heavy atom. The smallest absolute Gasteiger partial charge is 0.122 e. The first kappa shape index (κ1) is 8.74. The van der Waals surface area contributed by atoms with E-state index in [2.05, 4.69) is 4.98 Å². The fourth-order valence-corrected chi connectivity index (χ4v) is 2.19. The van der Waals surface area contributed by atoms with Crippen molar-refractivity contribution in [1.29, 1.82) is 0 Å². The maximum atomic E-state index is 10.8. The Kier molecular flexibility index (Phi) is 2.11. The number of para-hydroxylation sites is 1. The number of hydrogen-bond donors (Lipinski definition) is 1. The quantitative estimate of drug-likeness (QED) is 0.739. The van der Waals surface area contributed by atoms with Crippen molar-refractivity contribution in [1.82, 2.24) is 4.98 Å². The van der Waals surface area contributed by atoms with E-state index in [-0.39, 0.29) is 10.0 Å². The van der Waals surface area contributed by atoms with Crippen molar-refractivity contribution < 1.29 is 8.76 Å². The third kappa shape index (κ3) is 1.37. The molecule has 0 aliphatic carbocycles. The van der Waals surface area contributed by atoms with E-state index in [1.807, 2.05) is 6.07 Å². The molecule has 0 bridgehead atoms. The number of aromatic nitrogens is 1. The molecule has 5 heteroatoms. The lowest BCUT2D eigenvalue weighted by atomic mass is 10.2. The van der Waals surface area contributed by atoms with Gasteiger partial charge in [0.25, 0.3) is 0 Å². The lowest BCUT2D eigenvalue weighted by Gasteiger charge is -2.02. The lowest BCUT2D eigenvalue weighted by Crippen LogP contribution is -1.86. The Hall–Kier alpha value is -0.840. The van der Waals surface area contributed by atoms with Crippen molar-refractivity contribution in [3.05, 3.63) is 29.4 Å². The van der Waals surface area contributed by atoms with Crippen molar-refractivity contribution in [2.45, 2.75) is 4.90 Å². The molecule has 0 radical (unpaired) electrons. The molecule has 1 heterocycles. The molecule has 0 aliphatic heterocycles. The average Bonchev–Trinajstić information content (AvgIpc) is 2.39. The van der Waals surface area contributed by atoms with Gasteiger partial charge in [0, 0.05) is 10.9 Å². The van der Waals surface area contributed by atoms with Gasteiger partial charge in [0.05, 0.1) is 4.90 Å². The number of hydrogen-bond acceptors (Lipinski definition) is 2. The van der Waals surface area contributed by atoms with Crippen molar-refractivity contribution in [2.24, 2.45) is 0 Å². The molecular weight excluding hydrogens is 210 g/mol. The highest BCUT2D eigenvalue weighted by Gasteiger charge is 2.08. The number of fused-ring (bicyclic) bond motifs is 1. The summed E-state index contributed by atoms with van der Waals surface area (Å²) in [4.78, 5) is 2.92. The van der Waals surface area contributed by atoms with E-state index in [1.165, 1.54) is 0 Å². The summed E-state index contributed by atoms with van der Waals surface area (Å²) in [7, 11) is 0. The van der Waals surface area contributed by atoms with E-state index in [4.69, 9.17) is 11.6 Å². The monoisotopic (exact) mass is 214 g/mol. The molecule has 0 saturated carbocycles. The fourth-order valence-electron chi connectivity index (χ4n) is 1.25. The highest BCUT2D eigenvalue weighted by atomic mass is 35.5. The minimum atomic E-state index is -2.30. The fraction of sp³-hybridized carbons (Fsp3) is 0. The summed E-state index contributed by atoms with van der Waals surface area (Å²) in [5.74, 6) is 0. The highest BCUT2D eigenvalue weighted by molar-refractivity contribution is 7.79. The lowest BCUT2D eigenvalue weighted by molar-refractivity contribution is 0.538. The summed E-state index contributed by atoms with van der Waals surface area (Å²) in [5.41, 5.74) is 0.728. The third-order valence-electron chi connectivity index (χ3n) is 1.78.